The highest BCUT2D eigenvalue weighted by Gasteiger charge is 2.14. The highest BCUT2D eigenvalue weighted by molar-refractivity contribution is 9.10. The van der Waals surface area contributed by atoms with E-state index in [0.29, 0.717) is 24.2 Å². The third-order valence-electron chi connectivity index (χ3n) is 3.09. The van der Waals surface area contributed by atoms with Crippen LogP contribution >= 0.6 is 15.9 Å². The molecular weight excluding hydrogens is 322 g/mol. The van der Waals surface area contributed by atoms with Crippen LogP contribution in [0.4, 0.5) is 0 Å². The molecule has 0 aliphatic rings. The second-order valence-electron chi connectivity index (χ2n) is 4.89. The molecule has 1 atom stereocenters. The topological polar surface area (TPSA) is 71.2 Å². The lowest BCUT2D eigenvalue weighted by Gasteiger charge is -2.18. The van der Waals surface area contributed by atoms with Crippen molar-refractivity contribution in [1.29, 1.82) is 0 Å². The number of aliphatic hydroxyl groups excluding tert-OH is 1. The maximum absolute atomic E-state index is 9.26. The van der Waals surface area contributed by atoms with Crippen LogP contribution in [0.15, 0.2) is 33.2 Å². The molecular formula is C14H18BrN3O2. The molecule has 6 heteroatoms. The first kappa shape index (κ1) is 15.2. The van der Waals surface area contributed by atoms with Crippen LogP contribution in [-0.2, 0) is 6.54 Å². The Morgan fingerprint density at radius 2 is 2.05 bits per heavy atom. The average Bonchev–Trinajstić information content (AvgIpc) is 2.88. The van der Waals surface area contributed by atoms with Crippen LogP contribution in [0.3, 0.4) is 0 Å². The van der Waals surface area contributed by atoms with Crippen molar-refractivity contribution in [3.05, 3.63) is 34.6 Å². The number of nitrogens with zero attached hydrogens (tertiary/aromatic N) is 2. The van der Waals surface area contributed by atoms with Gasteiger partial charge in [-0.1, -0.05) is 26.0 Å². The highest BCUT2D eigenvalue weighted by atomic mass is 79.9. The monoisotopic (exact) mass is 339 g/mol. The third kappa shape index (κ3) is 3.65. The summed E-state index contributed by atoms with van der Waals surface area (Å²) in [7, 11) is 0. The summed E-state index contributed by atoms with van der Waals surface area (Å²) in [6.45, 7) is 4.63. The largest absolute Gasteiger partial charge is 0.419 e. The van der Waals surface area contributed by atoms with Crippen molar-refractivity contribution in [2.45, 2.75) is 26.4 Å². The fourth-order valence-electron chi connectivity index (χ4n) is 1.80. The van der Waals surface area contributed by atoms with Crippen LogP contribution in [0.1, 0.15) is 19.7 Å². The van der Waals surface area contributed by atoms with Gasteiger partial charge in [0, 0.05) is 10.5 Å². The summed E-state index contributed by atoms with van der Waals surface area (Å²) in [5.41, 5.74) is 0.869. The Kier molecular flexibility index (Phi) is 5.28. The standard InChI is InChI=1S/C14H18BrN3O2/c1-9(2)12(8-19)16-7-13-17-18-14(20-13)10-5-3-4-6-11(10)15/h3-6,9,12,16,19H,7-8H2,1-2H3/t12-/m1/s1. The van der Waals surface area contributed by atoms with Crippen LogP contribution in [0.25, 0.3) is 11.5 Å². The minimum atomic E-state index is 0.0220. The lowest BCUT2D eigenvalue weighted by Crippen LogP contribution is -2.36. The van der Waals surface area contributed by atoms with Gasteiger partial charge < -0.3 is 14.8 Å². The van der Waals surface area contributed by atoms with E-state index >= 15 is 0 Å². The molecule has 2 N–H and O–H groups in total. The second kappa shape index (κ2) is 6.97. The first-order chi connectivity index (χ1) is 9.61. The van der Waals surface area contributed by atoms with Crippen LogP contribution < -0.4 is 5.32 Å². The molecule has 5 nitrogen and oxygen atoms in total. The molecule has 0 saturated carbocycles. The van der Waals surface area contributed by atoms with Gasteiger partial charge in [-0.25, -0.2) is 0 Å². The summed E-state index contributed by atoms with van der Waals surface area (Å²) in [5, 5.41) is 20.5. The molecule has 0 unspecified atom stereocenters. The van der Waals surface area contributed by atoms with Crippen LogP contribution in [-0.4, -0.2) is 28.0 Å². The number of hydrogen-bond donors (Lipinski definition) is 2. The van der Waals surface area contributed by atoms with E-state index in [1.165, 1.54) is 0 Å². The minimum Gasteiger partial charge on any atom is -0.419 e. The van der Waals surface area contributed by atoms with Gasteiger partial charge in [-0.3, -0.25) is 0 Å². The van der Waals surface area contributed by atoms with Gasteiger partial charge in [0.05, 0.1) is 18.7 Å². The number of hydrogen-bond acceptors (Lipinski definition) is 5. The molecule has 0 saturated heterocycles. The van der Waals surface area contributed by atoms with E-state index < -0.39 is 0 Å². The minimum absolute atomic E-state index is 0.0220. The molecule has 0 aliphatic carbocycles. The summed E-state index contributed by atoms with van der Waals surface area (Å²) < 4.78 is 6.54. The maximum atomic E-state index is 9.26. The molecule has 2 rings (SSSR count). The zero-order chi connectivity index (χ0) is 14.5. The molecule has 0 amide bonds. The van der Waals surface area contributed by atoms with Crippen LogP contribution in [0, 0.1) is 5.92 Å². The number of benzene rings is 1. The van der Waals surface area contributed by atoms with E-state index in [1.54, 1.807) is 0 Å². The normalized spacial score (nSPS) is 12.8. The van der Waals surface area contributed by atoms with E-state index in [4.69, 9.17) is 4.42 Å². The molecule has 108 valence electrons. The van der Waals surface area contributed by atoms with E-state index in [2.05, 4.69) is 31.4 Å². The SMILES string of the molecule is CC(C)[C@@H](CO)NCc1nnc(-c2ccccc2Br)o1. The van der Waals surface area contributed by atoms with Crippen molar-refractivity contribution in [3.63, 3.8) is 0 Å². The molecule has 0 aliphatic heterocycles. The Labute approximate surface area is 126 Å². The maximum Gasteiger partial charge on any atom is 0.248 e. The summed E-state index contributed by atoms with van der Waals surface area (Å²) in [5.74, 6) is 1.33. The van der Waals surface area contributed by atoms with Gasteiger partial charge in [0.25, 0.3) is 0 Å². The molecule has 1 heterocycles. The van der Waals surface area contributed by atoms with Gasteiger partial charge >= 0.3 is 0 Å². The Morgan fingerprint density at radius 3 is 2.70 bits per heavy atom. The smallest absolute Gasteiger partial charge is 0.248 e. The molecule has 0 spiro atoms. The fourth-order valence-corrected chi connectivity index (χ4v) is 2.25. The Morgan fingerprint density at radius 1 is 1.30 bits per heavy atom. The predicted molar refractivity (Wildman–Crippen MR) is 80.0 cm³/mol. The van der Waals surface area contributed by atoms with E-state index in [0.717, 1.165) is 10.0 Å². The first-order valence-corrected chi connectivity index (χ1v) is 7.32. The Balaban J connectivity index is 2.05. The van der Waals surface area contributed by atoms with Crippen molar-refractivity contribution in [3.8, 4) is 11.5 Å². The molecule has 2 aromatic rings. The van der Waals surface area contributed by atoms with E-state index in [1.807, 2.05) is 38.1 Å². The average molecular weight is 340 g/mol. The van der Waals surface area contributed by atoms with Crippen molar-refractivity contribution in [1.82, 2.24) is 15.5 Å². The van der Waals surface area contributed by atoms with E-state index in [9.17, 15) is 5.11 Å². The zero-order valence-electron chi connectivity index (χ0n) is 11.5. The fraction of sp³-hybridized carbons (Fsp3) is 0.429. The van der Waals surface area contributed by atoms with Gasteiger partial charge in [-0.05, 0) is 34.0 Å². The lowest BCUT2D eigenvalue weighted by atomic mass is 10.1. The Hall–Kier alpha value is -1.24. The van der Waals surface area contributed by atoms with Crippen molar-refractivity contribution >= 4 is 15.9 Å². The van der Waals surface area contributed by atoms with Crippen LogP contribution in [0.2, 0.25) is 0 Å². The number of nitrogens with one attached hydrogen (secondary N) is 1. The summed E-state index contributed by atoms with van der Waals surface area (Å²) in [4.78, 5) is 0. The van der Waals surface area contributed by atoms with Crippen molar-refractivity contribution in [2.75, 3.05) is 6.61 Å². The van der Waals surface area contributed by atoms with Crippen molar-refractivity contribution in [2.24, 2.45) is 5.92 Å². The lowest BCUT2D eigenvalue weighted by molar-refractivity contribution is 0.207. The summed E-state index contributed by atoms with van der Waals surface area (Å²) in [6.07, 6.45) is 0. The number of aliphatic hydroxyl groups is 1. The van der Waals surface area contributed by atoms with Gasteiger partial charge in [-0.15, -0.1) is 10.2 Å². The first-order valence-electron chi connectivity index (χ1n) is 6.53. The zero-order valence-corrected chi connectivity index (χ0v) is 13.1. The third-order valence-corrected chi connectivity index (χ3v) is 3.78. The summed E-state index contributed by atoms with van der Waals surface area (Å²) in [6, 6.07) is 7.72. The molecule has 20 heavy (non-hydrogen) atoms. The molecule has 1 aromatic carbocycles. The van der Waals surface area contributed by atoms with Gasteiger partial charge in [-0.2, -0.15) is 0 Å². The molecule has 0 fully saturated rings. The predicted octanol–water partition coefficient (Wildman–Crippen LogP) is 2.61. The quantitative estimate of drug-likeness (QED) is 0.846. The molecule has 0 bridgehead atoms. The van der Waals surface area contributed by atoms with E-state index in [-0.39, 0.29) is 12.6 Å². The molecule has 0 radical (unpaired) electrons. The number of halogens is 1. The number of aromatic nitrogens is 2. The van der Waals surface area contributed by atoms with Gasteiger partial charge in [0.15, 0.2) is 0 Å². The molecule has 1 aromatic heterocycles. The Bertz CT molecular complexity index is 557. The second-order valence-corrected chi connectivity index (χ2v) is 5.75. The van der Waals surface area contributed by atoms with Crippen molar-refractivity contribution < 1.29 is 9.52 Å². The van der Waals surface area contributed by atoms with Crippen LogP contribution in [0.5, 0.6) is 0 Å². The highest BCUT2D eigenvalue weighted by Crippen LogP contribution is 2.26. The summed E-state index contributed by atoms with van der Waals surface area (Å²) >= 11 is 3.46. The number of rotatable bonds is 6. The van der Waals surface area contributed by atoms with Gasteiger partial charge in [0.1, 0.15) is 0 Å². The van der Waals surface area contributed by atoms with Gasteiger partial charge in [0.2, 0.25) is 11.8 Å².